The average molecular weight is 384 g/mol. The van der Waals surface area contributed by atoms with Crippen molar-refractivity contribution in [3.63, 3.8) is 0 Å². The summed E-state index contributed by atoms with van der Waals surface area (Å²) >= 11 is 0. The number of carbonyl (C=O) groups excluding carboxylic acids is 1. The second-order valence-corrected chi connectivity index (χ2v) is 6.68. The van der Waals surface area contributed by atoms with Gasteiger partial charge in [0.25, 0.3) is 5.91 Å². The van der Waals surface area contributed by atoms with Crippen LogP contribution in [0.3, 0.4) is 0 Å². The summed E-state index contributed by atoms with van der Waals surface area (Å²) in [6.45, 7) is 2.24. The predicted octanol–water partition coefficient (Wildman–Crippen LogP) is 2.03. The molecule has 2 aromatic heterocycles. The van der Waals surface area contributed by atoms with E-state index in [1.54, 1.807) is 29.9 Å². The molecule has 0 fully saturated rings. The Labute approximate surface area is 153 Å². The van der Waals surface area contributed by atoms with E-state index in [0.29, 0.717) is 24.1 Å². The Morgan fingerprint density at radius 1 is 1.33 bits per heavy atom. The number of methoxy groups -OCH3 is 1. The quantitative estimate of drug-likeness (QED) is 0.876. The maximum Gasteiger partial charge on any atom is 0.426 e. The van der Waals surface area contributed by atoms with Gasteiger partial charge in [-0.25, -0.2) is 9.67 Å². The molecular weight excluding hydrogens is 365 g/mol. The summed E-state index contributed by atoms with van der Waals surface area (Å²) in [7, 11) is 1.50. The van der Waals surface area contributed by atoms with Crippen molar-refractivity contribution in [1.29, 1.82) is 0 Å². The van der Waals surface area contributed by atoms with E-state index >= 15 is 0 Å². The zero-order valence-electron chi connectivity index (χ0n) is 15.0. The Balaban J connectivity index is 1.89. The number of hydrogen-bond acceptors (Lipinski definition) is 5. The van der Waals surface area contributed by atoms with Crippen LogP contribution in [0.15, 0.2) is 24.5 Å². The molecule has 27 heavy (non-hydrogen) atoms. The maximum absolute atomic E-state index is 13.0. The summed E-state index contributed by atoms with van der Waals surface area (Å²) in [5.74, 6) is -1.21. The second-order valence-electron chi connectivity index (χ2n) is 6.68. The van der Waals surface area contributed by atoms with Crippen molar-refractivity contribution >= 4 is 5.91 Å². The highest BCUT2D eigenvalue weighted by Crippen LogP contribution is 2.35. The summed E-state index contributed by atoms with van der Waals surface area (Å²) in [5, 5.41) is 14.0. The lowest BCUT2D eigenvalue weighted by Crippen LogP contribution is -2.57. The minimum absolute atomic E-state index is 0.0351. The normalized spacial score (nSPS) is 19.4. The molecule has 0 bridgehead atoms. The minimum Gasteiger partial charge on any atom is -0.481 e. The van der Waals surface area contributed by atoms with Crippen LogP contribution in [-0.2, 0) is 11.3 Å². The van der Waals surface area contributed by atoms with Crippen molar-refractivity contribution in [3.05, 3.63) is 35.8 Å². The number of pyridine rings is 1. The SMILES string of the molecule is COc1ccc(-n2ncc3c2[C@@H](C)CN(C(=O)C(C)(O)C(F)(F)F)C3)cn1. The number of fused-ring (bicyclic) bond motifs is 1. The zero-order valence-corrected chi connectivity index (χ0v) is 15.0. The number of aliphatic hydroxyl groups is 1. The first kappa shape index (κ1) is 19.2. The fourth-order valence-corrected chi connectivity index (χ4v) is 3.13. The second kappa shape index (κ2) is 6.52. The smallest absolute Gasteiger partial charge is 0.426 e. The maximum atomic E-state index is 13.0. The van der Waals surface area contributed by atoms with Gasteiger partial charge in [-0.05, 0) is 13.0 Å². The number of ether oxygens (including phenoxy) is 1. The van der Waals surface area contributed by atoms with E-state index in [1.165, 1.54) is 13.3 Å². The predicted molar refractivity (Wildman–Crippen MR) is 88.4 cm³/mol. The van der Waals surface area contributed by atoms with Crippen molar-refractivity contribution in [2.75, 3.05) is 13.7 Å². The van der Waals surface area contributed by atoms with Crippen LogP contribution in [0.25, 0.3) is 5.69 Å². The third kappa shape index (κ3) is 3.25. The Morgan fingerprint density at radius 2 is 2.04 bits per heavy atom. The van der Waals surface area contributed by atoms with Gasteiger partial charge in [0.1, 0.15) is 0 Å². The topological polar surface area (TPSA) is 80.5 Å². The molecule has 0 saturated heterocycles. The summed E-state index contributed by atoms with van der Waals surface area (Å²) in [6, 6.07) is 3.44. The van der Waals surface area contributed by atoms with E-state index in [2.05, 4.69) is 10.1 Å². The first-order chi connectivity index (χ1) is 12.6. The largest absolute Gasteiger partial charge is 0.481 e. The molecule has 1 N–H and O–H groups in total. The molecule has 0 saturated carbocycles. The molecule has 3 heterocycles. The summed E-state index contributed by atoms with van der Waals surface area (Å²) < 4.78 is 45.6. The lowest BCUT2D eigenvalue weighted by Gasteiger charge is -2.36. The van der Waals surface area contributed by atoms with Crippen LogP contribution < -0.4 is 4.74 Å². The van der Waals surface area contributed by atoms with Crippen molar-refractivity contribution in [1.82, 2.24) is 19.7 Å². The molecule has 2 atom stereocenters. The number of hydrogen-bond donors (Lipinski definition) is 1. The molecule has 1 amide bonds. The number of nitrogens with zero attached hydrogens (tertiary/aromatic N) is 4. The summed E-state index contributed by atoms with van der Waals surface area (Å²) in [4.78, 5) is 17.4. The molecular formula is C17H19F3N4O3. The van der Waals surface area contributed by atoms with Crippen molar-refractivity contribution in [2.24, 2.45) is 0 Å². The summed E-state index contributed by atoms with van der Waals surface area (Å²) in [5.41, 5.74) is -1.35. The van der Waals surface area contributed by atoms with Crippen LogP contribution in [0.4, 0.5) is 13.2 Å². The van der Waals surface area contributed by atoms with Crippen LogP contribution in [-0.4, -0.2) is 56.1 Å². The van der Waals surface area contributed by atoms with Gasteiger partial charge in [-0.1, -0.05) is 6.92 Å². The van der Waals surface area contributed by atoms with Gasteiger partial charge in [0.2, 0.25) is 11.5 Å². The van der Waals surface area contributed by atoms with Gasteiger partial charge in [-0.3, -0.25) is 4.79 Å². The first-order valence-corrected chi connectivity index (χ1v) is 8.22. The van der Waals surface area contributed by atoms with Crippen LogP contribution in [0.5, 0.6) is 5.88 Å². The molecule has 0 aliphatic carbocycles. The standard InChI is InChI=1S/C17H19F3N4O3/c1-10-8-23(15(25)16(2,26)17(18,19)20)9-11-6-22-24(14(10)11)12-4-5-13(27-3)21-7-12/h4-7,10,26H,8-9H2,1-3H3/t10-,16?/m0/s1. The number of amides is 1. The minimum atomic E-state index is -5.05. The molecule has 0 radical (unpaired) electrons. The Morgan fingerprint density at radius 3 is 2.59 bits per heavy atom. The van der Waals surface area contributed by atoms with Crippen molar-refractivity contribution < 1.29 is 27.8 Å². The Bertz CT molecular complexity index is 846. The van der Waals surface area contributed by atoms with E-state index < -0.39 is 17.7 Å². The summed E-state index contributed by atoms with van der Waals surface area (Å²) in [6.07, 6.45) is -1.96. The van der Waals surface area contributed by atoms with Gasteiger partial charge < -0.3 is 14.7 Å². The zero-order chi connectivity index (χ0) is 20.0. The molecule has 3 rings (SSSR count). The van der Waals surface area contributed by atoms with Gasteiger partial charge in [-0.2, -0.15) is 18.3 Å². The van der Waals surface area contributed by atoms with E-state index in [9.17, 15) is 23.1 Å². The van der Waals surface area contributed by atoms with Crippen LogP contribution in [0, 0.1) is 0 Å². The van der Waals surface area contributed by atoms with E-state index in [-0.39, 0.29) is 19.0 Å². The molecule has 1 unspecified atom stereocenters. The number of alkyl halides is 3. The van der Waals surface area contributed by atoms with Gasteiger partial charge in [0.05, 0.1) is 30.9 Å². The first-order valence-electron chi connectivity index (χ1n) is 8.22. The van der Waals surface area contributed by atoms with E-state index in [1.807, 2.05) is 0 Å². The number of rotatable bonds is 3. The number of aromatic nitrogens is 3. The molecule has 1 aliphatic heterocycles. The highest BCUT2D eigenvalue weighted by atomic mass is 19.4. The highest BCUT2D eigenvalue weighted by Gasteiger charge is 2.57. The van der Waals surface area contributed by atoms with Crippen LogP contribution >= 0.6 is 0 Å². The lowest BCUT2D eigenvalue weighted by atomic mass is 9.95. The lowest BCUT2D eigenvalue weighted by molar-refractivity contribution is -0.250. The van der Waals surface area contributed by atoms with E-state index in [4.69, 9.17) is 4.74 Å². The number of carbonyl (C=O) groups is 1. The molecule has 146 valence electrons. The Hall–Kier alpha value is -2.62. The fraction of sp³-hybridized carbons (Fsp3) is 0.471. The fourth-order valence-electron chi connectivity index (χ4n) is 3.13. The van der Waals surface area contributed by atoms with Crippen LogP contribution in [0.2, 0.25) is 0 Å². The molecule has 7 nitrogen and oxygen atoms in total. The van der Waals surface area contributed by atoms with Gasteiger partial charge in [0.15, 0.2) is 0 Å². The van der Waals surface area contributed by atoms with Gasteiger partial charge >= 0.3 is 6.18 Å². The van der Waals surface area contributed by atoms with Crippen molar-refractivity contribution in [2.45, 2.75) is 38.1 Å². The van der Waals surface area contributed by atoms with Gasteiger partial charge in [0, 0.05) is 30.6 Å². The van der Waals surface area contributed by atoms with Crippen molar-refractivity contribution in [3.8, 4) is 11.6 Å². The van der Waals surface area contributed by atoms with E-state index in [0.717, 1.165) is 10.6 Å². The monoisotopic (exact) mass is 384 g/mol. The molecule has 0 aromatic carbocycles. The molecule has 0 spiro atoms. The third-order valence-corrected chi connectivity index (χ3v) is 4.64. The third-order valence-electron chi connectivity index (χ3n) is 4.64. The highest BCUT2D eigenvalue weighted by molar-refractivity contribution is 5.85. The van der Waals surface area contributed by atoms with Gasteiger partial charge in [-0.15, -0.1) is 0 Å². The molecule has 1 aliphatic rings. The Kier molecular flexibility index (Phi) is 4.62. The number of halogens is 3. The average Bonchev–Trinajstić information content (AvgIpc) is 3.04. The molecule has 10 heteroatoms. The van der Waals surface area contributed by atoms with Crippen LogP contribution in [0.1, 0.15) is 31.0 Å². The molecule has 2 aromatic rings.